The Hall–Kier alpha value is -0.710. The van der Waals surface area contributed by atoms with Gasteiger partial charge in [-0.3, -0.25) is 0 Å². The Bertz CT molecular complexity index is 374. The Morgan fingerprint density at radius 3 is 2.35 bits per heavy atom. The van der Waals surface area contributed by atoms with Crippen molar-refractivity contribution < 1.29 is 13.2 Å². The quantitative estimate of drug-likeness (QED) is 0.748. The SMILES string of the molecule is FC(F)(F)c1ccc(N2CCC(CBr)C2)cc1. The maximum Gasteiger partial charge on any atom is 0.416 e. The average molecular weight is 308 g/mol. The lowest BCUT2D eigenvalue weighted by molar-refractivity contribution is -0.137. The van der Waals surface area contributed by atoms with Crippen LogP contribution in [0.4, 0.5) is 18.9 Å². The van der Waals surface area contributed by atoms with E-state index in [0.29, 0.717) is 5.92 Å². The first-order valence-electron chi connectivity index (χ1n) is 5.49. The average Bonchev–Trinajstić information content (AvgIpc) is 2.76. The fourth-order valence-electron chi connectivity index (χ4n) is 2.05. The zero-order valence-corrected chi connectivity index (χ0v) is 10.8. The number of benzene rings is 1. The molecule has 1 aromatic rings. The van der Waals surface area contributed by atoms with Gasteiger partial charge in [0.25, 0.3) is 0 Å². The standard InChI is InChI=1S/C12H13BrF3N/c13-7-9-5-6-17(8-9)11-3-1-10(2-4-11)12(14,15)16/h1-4,9H,5-8H2. The van der Waals surface area contributed by atoms with Gasteiger partial charge in [-0.1, -0.05) is 15.9 Å². The molecule has 94 valence electrons. The maximum atomic E-state index is 12.4. The van der Waals surface area contributed by atoms with E-state index in [9.17, 15) is 13.2 Å². The third kappa shape index (κ3) is 2.94. The van der Waals surface area contributed by atoms with Crippen LogP contribution < -0.4 is 4.90 Å². The summed E-state index contributed by atoms with van der Waals surface area (Å²) in [6.45, 7) is 1.83. The molecule has 17 heavy (non-hydrogen) atoms. The van der Waals surface area contributed by atoms with Crippen molar-refractivity contribution in [2.75, 3.05) is 23.3 Å². The van der Waals surface area contributed by atoms with Crippen molar-refractivity contribution in [3.8, 4) is 0 Å². The van der Waals surface area contributed by atoms with E-state index in [1.807, 2.05) is 0 Å². The molecule has 0 aliphatic carbocycles. The van der Waals surface area contributed by atoms with Crippen LogP contribution in [0.3, 0.4) is 0 Å². The molecule has 2 rings (SSSR count). The lowest BCUT2D eigenvalue weighted by atomic mass is 10.1. The minimum absolute atomic E-state index is 0.586. The topological polar surface area (TPSA) is 3.24 Å². The lowest BCUT2D eigenvalue weighted by Gasteiger charge is -2.19. The molecule has 1 aliphatic heterocycles. The summed E-state index contributed by atoms with van der Waals surface area (Å²) in [4.78, 5) is 2.13. The number of hydrogen-bond donors (Lipinski definition) is 0. The Kier molecular flexibility index (Phi) is 3.66. The molecule has 0 spiro atoms. The Labute approximate surface area is 107 Å². The molecule has 0 amide bonds. The summed E-state index contributed by atoms with van der Waals surface area (Å²) in [6.07, 6.45) is -3.16. The van der Waals surface area contributed by atoms with E-state index in [4.69, 9.17) is 0 Å². The Morgan fingerprint density at radius 2 is 1.88 bits per heavy atom. The van der Waals surface area contributed by atoms with Crippen molar-refractivity contribution >= 4 is 21.6 Å². The van der Waals surface area contributed by atoms with Gasteiger partial charge in [0.05, 0.1) is 5.56 Å². The van der Waals surface area contributed by atoms with Crippen LogP contribution in [0.2, 0.25) is 0 Å². The monoisotopic (exact) mass is 307 g/mol. The largest absolute Gasteiger partial charge is 0.416 e. The highest BCUT2D eigenvalue weighted by Crippen LogP contribution is 2.31. The number of nitrogens with zero attached hydrogens (tertiary/aromatic N) is 1. The molecule has 1 aromatic carbocycles. The molecule has 1 fully saturated rings. The van der Waals surface area contributed by atoms with Crippen LogP contribution >= 0.6 is 15.9 Å². The first-order chi connectivity index (χ1) is 8.00. The maximum absolute atomic E-state index is 12.4. The molecule has 1 atom stereocenters. The molecule has 1 unspecified atom stereocenters. The molecule has 1 aliphatic rings. The van der Waals surface area contributed by atoms with Crippen LogP contribution in [0.15, 0.2) is 24.3 Å². The van der Waals surface area contributed by atoms with Crippen molar-refractivity contribution in [2.45, 2.75) is 12.6 Å². The van der Waals surface area contributed by atoms with Crippen molar-refractivity contribution in [1.29, 1.82) is 0 Å². The van der Waals surface area contributed by atoms with E-state index in [0.717, 1.165) is 42.7 Å². The predicted octanol–water partition coefficient (Wildman–Crippen LogP) is 3.93. The van der Waals surface area contributed by atoms with Crippen LogP contribution in [0.25, 0.3) is 0 Å². The minimum atomic E-state index is -4.25. The molecule has 0 aromatic heterocycles. The summed E-state index contributed by atoms with van der Waals surface area (Å²) in [7, 11) is 0. The second-order valence-electron chi connectivity index (χ2n) is 4.30. The fraction of sp³-hybridized carbons (Fsp3) is 0.500. The van der Waals surface area contributed by atoms with E-state index in [1.54, 1.807) is 12.1 Å². The van der Waals surface area contributed by atoms with Crippen LogP contribution in [-0.4, -0.2) is 18.4 Å². The lowest BCUT2D eigenvalue weighted by Crippen LogP contribution is -2.20. The number of rotatable bonds is 2. The molecule has 0 radical (unpaired) electrons. The smallest absolute Gasteiger partial charge is 0.371 e. The molecule has 0 saturated carbocycles. The molecule has 1 nitrogen and oxygen atoms in total. The van der Waals surface area contributed by atoms with E-state index < -0.39 is 11.7 Å². The second-order valence-corrected chi connectivity index (χ2v) is 4.95. The van der Waals surface area contributed by atoms with Gasteiger partial charge in [0.15, 0.2) is 0 Å². The minimum Gasteiger partial charge on any atom is -0.371 e. The first-order valence-corrected chi connectivity index (χ1v) is 6.61. The van der Waals surface area contributed by atoms with Gasteiger partial charge in [-0.2, -0.15) is 13.2 Å². The van der Waals surface area contributed by atoms with Gasteiger partial charge in [-0.15, -0.1) is 0 Å². The van der Waals surface area contributed by atoms with Gasteiger partial charge >= 0.3 is 6.18 Å². The van der Waals surface area contributed by atoms with Crippen molar-refractivity contribution in [3.63, 3.8) is 0 Å². The van der Waals surface area contributed by atoms with E-state index in [-0.39, 0.29) is 0 Å². The molecule has 0 bridgehead atoms. The zero-order valence-electron chi connectivity index (χ0n) is 9.17. The predicted molar refractivity (Wildman–Crippen MR) is 65.6 cm³/mol. The van der Waals surface area contributed by atoms with Gasteiger partial charge in [0.2, 0.25) is 0 Å². The number of hydrogen-bond acceptors (Lipinski definition) is 1. The second kappa shape index (κ2) is 4.88. The number of halogens is 4. The van der Waals surface area contributed by atoms with Gasteiger partial charge in [0, 0.05) is 24.1 Å². The molecule has 1 saturated heterocycles. The first kappa shape index (κ1) is 12.7. The Balaban J connectivity index is 2.09. The summed E-state index contributed by atoms with van der Waals surface area (Å²) < 4.78 is 37.2. The third-order valence-corrected chi connectivity index (χ3v) is 3.98. The summed E-state index contributed by atoms with van der Waals surface area (Å²) in [5, 5.41) is 0.949. The van der Waals surface area contributed by atoms with Crippen LogP contribution in [0.1, 0.15) is 12.0 Å². The highest BCUT2D eigenvalue weighted by atomic mass is 79.9. The summed E-state index contributed by atoms with van der Waals surface area (Å²) in [5.74, 6) is 0.595. The molecule has 5 heteroatoms. The summed E-state index contributed by atoms with van der Waals surface area (Å²) in [6, 6.07) is 5.41. The normalized spacial score (nSPS) is 20.9. The fourth-order valence-corrected chi connectivity index (χ4v) is 2.58. The van der Waals surface area contributed by atoms with Crippen LogP contribution in [-0.2, 0) is 6.18 Å². The highest BCUT2D eigenvalue weighted by molar-refractivity contribution is 9.09. The number of anilines is 1. The van der Waals surface area contributed by atoms with Crippen molar-refractivity contribution in [1.82, 2.24) is 0 Å². The van der Waals surface area contributed by atoms with Gasteiger partial charge in [-0.25, -0.2) is 0 Å². The van der Waals surface area contributed by atoms with Crippen molar-refractivity contribution in [2.24, 2.45) is 5.92 Å². The summed E-state index contributed by atoms with van der Waals surface area (Å²) >= 11 is 3.44. The Morgan fingerprint density at radius 1 is 1.24 bits per heavy atom. The van der Waals surface area contributed by atoms with Gasteiger partial charge in [-0.05, 0) is 36.6 Å². The van der Waals surface area contributed by atoms with Crippen molar-refractivity contribution in [3.05, 3.63) is 29.8 Å². The zero-order chi connectivity index (χ0) is 12.5. The third-order valence-electron chi connectivity index (χ3n) is 3.06. The van der Waals surface area contributed by atoms with Gasteiger partial charge in [0.1, 0.15) is 0 Å². The molecular weight excluding hydrogens is 295 g/mol. The molecular formula is C12H13BrF3N. The van der Waals surface area contributed by atoms with E-state index in [1.165, 1.54) is 0 Å². The highest BCUT2D eigenvalue weighted by Gasteiger charge is 2.30. The number of alkyl halides is 4. The van der Waals surface area contributed by atoms with Gasteiger partial charge < -0.3 is 4.90 Å². The summed E-state index contributed by atoms with van der Waals surface area (Å²) in [5.41, 5.74) is 0.291. The molecule has 1 heterocycles. The van der Waals surface area contributed by atoms with Crippen LogP contribution in [0, 0.1) is 5.92 Å². The molecule has 0 N–H and O–H groups in total. The van der Waals surface area contributed by atoms with Crippen LogP contribution in [0.5, 0.6) is 0 Å². The van der Waals surface area contributed by atoms with E-state index >= 15 is 0 Å². The van der Waals surface area contributed by atoms with E-state index in [2.05, 4.69) is 20.8 Å².